The smallest absolute Gasteiger partial charge is 0.0618 e. The van der Waals surface area contributed by atoms with Crippen LogP contribution in [-0.2, 0) is 20.1 Å². The van der Waals surface area contributed by atoms with Gasteiger partial charge in [-0.05, 0) is 59.2 Å². The van der Waals surface area contributed by atoms with Crippen LogP contribution in [0.1, 0.15) is 41.4 Å². The van der Waals surface area contributed by atoms with Crippen LogP contribution in [0.4, 0.5) is 0 Å². The van der Waals surface area contributed by atoms with E-state index in [1.54, 1.807) is 17.4 Å². The van der Waals surface area contributed by atoms with Crippen molar-refractivity contribution in [2.45, 2.75) is 27.4 Å². The van der Waals surface area contributed by atoms with Crippen molar-refractivity contribution in [3.05, 3.63) is 120 Å². The van der Waals surface area contributed by atoms with Gasteiger partial charge in [0.1, 0.15) is 0 Å². The monoisotopic (exact) mass is 677 g/mol. The minimum absolute atomic E-state index is 0. The second-order valence-corrected chi connectivity index (χ2v) is 8.62. The molecule has 6 aromatic rings. The molecule has 4 heteroatoms. The quantitative estimate of drug-likeness (QED) is 0.172. The molecule has 2 nitrogen and oxygen atoms in total. The molecule has 0 atom stereocenters. The molecule has 1 radical (unpaired) electrons. The number of rotatable bonds is 2. The molecule has 0 fully saturated rings. The average molecular weight is 677 g/mol. The van der Waals surface area contributed by atoms with E-state index in [-0.39, 0.29) is 65.8 Å². The Morgan fingerprint density at radius 1 is 0.806 bits per heavy atom. The fraction of sp³-hybridized carbons (Fsp3) is 0.125. The Labute approximate surface area is 250 Å². The Bertz CT molecular complexity index is 2150. The standard InChI is InChI=1S/C18H12NS.C14H14N.Ir/c1-12-9-10-16(19-11-12)15-7-4-6-14-13-5-2-3-8-17(13)20-18(14)15;1-10-4-6-13(7-5-10)14-8-11(2)12(3)9-15-14;/h2-6,8-11H,1H3;4-6,8-9H,1-3H3;/q2*-1;/i1D3,9D,10D;1D3,2D3,3D3;. The van der Waals surface area contributed by atoms with E-state index in [9.17, 15) is 0 Å². The van der Waals surface area contributed by atoms with Gasteiger partial charge in [-0.2, -0.15) is 11.3 Å². The van der Waals surface area contributed by atoms with Gasteiger partial charge >= 0.3 is 0 Å². The predicted molar refractivity (Wildman–Crippen MR) is 149 cm³/mol. The minimum atomic E-state index is -2.61. The molecule has 3 aromatic carbocycles. The Morgan fingerprint density at radius 3 is 2.47 bits per heavy atom. The molecule has 181 valence electrons. The van der Waals surface area contributed by atoms with Crippen molar-refractivity contribution in [2.24, 2.45) is 0 Å². The van der Waals surface area contributed by atoms with Crippen LogP contribution in [0.3, 0.4) is 0 Å². The van der Waals surface area contributed by atoms with Crippen molar-refractivity contribution in [3.8, 4) is 22.5 Å². The van der Waals surface area contributed by atoms with Gasteiger partial charge in [0.05, 0.1) is 2.74 Å². The van der Waals surface area contributed by atoms with Gasteiger partial charge in [0, 0.05) is 53.6 Å². The van der Waals surface area contributed by atoms with Crippen LogP contribution in [0, 0.1) is 39.5 Å². The molecule has 0 spiro atoms. The molecular formula is C32H26IrN2S-2. The molecule has 0 aliphatic rings. The number of hydrogen-bond donors (Lipinski definition) is 0. The van der Waals surface area contributed by atoms with Crippen LogP contribution in [0.2, 0.25) is 0 Å². The number of nitrogens with zero attached hydrogens (tertiary/aromatic N) is 2. The molecule has 0 bridgehead atoms. The van der Waals surface area contributed by atoms with Gasteiger partial charge in [0.25, 0.3) is 0 Å². The average Bonchev–Trinajstić information content (AvgIpc) is 3.40. The zero-order valence-corrected chi connectivity index (χ0v) is 21.8. The third-order valence-electron chi connectivity index (χ3n) is 5.21. The first-order chi connectivity index (χ1) is 22.7. The molecule has 0 amide bonds. The Kier molecular flexibility index (Phi) is 4.19. The van der Waals surface area contributed by atoms with Gasteiger partial charge in [-0.1, -0.05) is 54.2 Å². The summed E-state index contributed by atoms with van der Waals surface area (Å²) in [6, 6.07) is 22.5. The Balaban J connectivity index is 0.000000221. The number of thiophene rings is 1. The number of pyridine rings is 2. The molecule has 0 aliphatic heterocycles. The van der Waals surface area contributed by atoms with Crippen molar-refractivity contribution in [1.29, 1.82) is 0 Å². The van der Waals surface area contributed by atoms with Crippen LogP contribution in [-0.4, -0.2) is 9.97 Å². The van der Waals surface area contributed by atoms with Gasteiger partial charge in [-0.15, -0.1) is 59.2 Å². The zero-order valence-electron chi connectivity index (χ0n) is 32.6. The minimum Gasteiger partial charge on any atom is -0.304 e. The van der Waals surface area contributed by atoms with E-state index >= 15 is 0 Å². The molecule has 0 aliphatic carbocycles. The van der Waals surface area contributed by atoms with Gasteiger partial charge < -0.3 is 9.97 Å². The third-order valence-corrected chi connectivity index (χ3v) is 6.41. The van der Waals surface area contributed by atoms with E-state index < -0.39 is 27.4 Å². The SMILES string of the molecule is [2H]C([2H])([2H])c1c[c-]c(-c2cc(C([2H])([2H])[2H])c(C([2H])([2H])[2H])cn2)cc1.[2H]c1c(C([2H])([2H])[2H])cnc(-c2[c-]ccc3c2sc2ccccc23)c1[2H].[Ir]. The number of hydrogen-bond acceptors (Lipinski definition) is 3. The largest absolute Gasteiger partial charge is 0.304 e. The second kappa shape index (κ2) is 11.3. The summed E-state index contributed by atoms with van der Waals surface area (Å²) in [6.45, 7) is -9.92. The van der Waals surface area contributed by atoms with E-state index in [0.717, 1.165) is 26.4 Å². The Hall–Kier alpha value is -3.17. The third kappa shape index (κ3) is 5.47. The van der Waals surface area contributed by atoms with Gasteiger partial charge in [-0.25, -0.2) is 0 Å². The number of aryl methyl sites for hydroxylation is 4. The summed E-state index contributed by atoms with van der Waals surface area (Å²) in [7, 11) is 0. The summed E-state index contributed by atoms with van der Waals surface area (Å²) in [4.78, 5) is 8.20. The van der Waals surface area contributed by atoms with Crippen LogP contribution >= 0.6 is 11.3 Å². The van der Waals surface area contributed by atoms with Crippen molar-refractivity contribution < 1.29 is 39.3 Å². The summed E-state index contributed by atoms with van der Waals surface area (Å²) in [5, 5.41) is 2.16. The number of fused-ring (bicyclic) bond motifs is 3. The molecule has 0 unspecified atom stereocenters. The van der Waals surface area contributed by atoms with Crippen molar-refractivity contribution in [3.63, 3.8) is 0 Å². The molecule has 36 heavy (non-hydrogen) atoms. The van der Waals surface area contributed by atoms with Crippen molar-refractivity contribution in [2.75, 3.05) is 0 Å². The molecule has 0 N–H and O–H groups in total. The summed E-state index contributed by atoms with van der Waals surface area (Å²) in [5.74, 6) is 0. The summed E-state index contributed by atoms with van der Waals surface area (Å²) in [5.41, 5.74) is 0.776. The van der Waals surface area contributed by atoms with Crippen LogP contribution < -0.4 is 0 Å². The molecular weight excluding hydrogens is 637 g/mol. The van der Waals surface area contributed by atoms with Gasteiger partial charge in [-0.3, -0.25) is 0 Å². The maximum Gasteiger partial charge on any atom is 0.0618 e. The topological polar surface area (TPSA) is 25.8 Å². The van der Waals surface area contributed by atoms with Crippen molar-refractivity contribution >= 4 is 31.5 Å². The number of aromatic nitrogens is 2. The zero-order chi connectivity index (χ0) is 36.1. The Morgan fingerprint density at radius 2 is 1.67 bits per heavy atom. The van der Waals surface area contributed by atoms with E-state index in [2.05, 4.69) is 22.1 Å². The summed E-state index contributed by atoms with van der Waals surface area (Å²) in [6.07, 6.45) is 2.21. The van der Waals surface area contributed by atoms with E-state index in [1.165, 1.54) is 30.5 Å². The number of benzene rings is 3. The maximum absolute atomic E-state index is 8.25. The molecule has 6 rings (SSSR count). The second-order valence-electron chi connectivity index (χ2n) is 7.57. The normalized spacial score (nSPS) is 17.7. The summed E-state index contributed by atoms with van der Waals surface area (Å²) >= 11 is 1.58. The van der Waals surface area contributed by atoms with E-state index in [1.807, 2.05) is 30.3 Å². The van der Waals surface area contributed by atoms with Gasteiger partial charge in [0.15, 0.2) is 0 Å². The fourth-order valence-corrected chi connectivity index (χ4v) is 4.70. The predicted octanol–water partition coefficient (Wildman–Crippen LogP) is 8.70. The first-order valence-corrected chi connectivity index (χ1v) is 11.3. The van der Waals surface area contributed by atoms with Gasteiger partial charge in [0.2, 0.25) is 0 Å². The van der Waals surface area contributed by atoms with Crippen LogP contribution in [0.25, 0.3) is 42.7 Å². The van der Waals surface area contributed by atoms with Crippen LogP contribution in [0.5, 0.6) is 0 Å². The van der Waals surface area contributed by atoms with E-state index in [0.29, 0.717) is 11.1 Å². The summed E-state index contributed by atoms with van der Waals surface area (Å²) < 4.78 is 108. The fourth-order valence-electron chi connectivity index (χ4n) is 3.50. The first kappa shape index (κ1) is 13.4. The first-order valence-electron chi connectivity index (χ1n) is 17.5. The molecule has 3 heterocycles. The maximum atomic E-state index is 8.25. The molecule has 3 aromatic heterocycles. The molecule has 0 saturated carbocycles. The van der Waals surface area contributed by atoms with Crippen molar-refractivity contribution in [1.82, 2.24) is 9.97 Å². The van der Waals surface area contributed by atoms with Crippen LogP contribution in [0.15, 0.2) is 85.1 Å². The molecule has 0 saturated heterocycles. The van der Waals surface area contributed by atoms with E-state index in [4.69, 9.17) is 19.2 Å².